The Balaban J connectivity index is 1.68. The third kappa shape index (κ3) is 5.01. The smallest absolute Gasteiger partial charge is 0.261 e. The number of carbonyl (C=O) groups is 1. The first-order valence-corrected chi connectivity index (χ1v) is 11.0. The Hall–Kier alpha value is -2.60. The fraction of sp³-hybridized carbons (Fsp3) is 0.318. The van der Waals surface area contributed by atoms with Crippen LogP contribution in [-0.2, 0) is 10.0 Å². The van der Waals surface area contributed by atoms with E-state index in [-0.39, 0.29) is 10.8 Å². The number of rotatable bonds is 6. The molecule has 0 spiro atoms. The van der Waals surface area contributed by atoms with Crippen molar-refractivity contribution in [3.63, 3.8) is 0 Å². The summed E-state index contributed by atoms with van der Waals surface area (Å²) in [6.45, 7) is 4.26. The monoisotopic (exact) mass is 398 g/mol. The molecule has 0 radical (unpaired) electrons. The van der Waals surface area contributed by atoms with Gasteiger partial charge >= 0.3 is 0 Å². The van der Waals surface area contributed by atoms with Crippen molar-refractivity contribution in [2.75, 3.05) is 11.3 Å². The van der Waals surface area contributed by atoms with Crippen LogP contribution in [0.5, 0.6) is 0 Å². The predicted molar refractivity (Wildman–Crippen MR) is 112 cm³/mol. The number of allylic oxidation sites excluding steroid dienone is 1. The van der Waals surface area contributed by atoms with E-state index in [1.165, 1.54) is 18.4 Å². The highest BCUT2D eigenvalue weighted by atomic mass is 32.2. The second-order valence-electron chi connectivity index (χ2n) is 7.24. The lowest BCUT2D eigenvalue weighted by molar-refractivity contribution is 0.0956. The zero-order chi connectivity index (χ0) is 20.1. The van der Waals surface area contributed by atoms with Crippen molar-refractivity contribution in [1.82, 2.24) is 5.32 Å². The van der Waals surface area contributed by atoms with E-state index in [1.807, 2.05) is 6.92 Å². The first kappa shape index (κ1) is 20.1. The van der Waals surface area contributed by atoms with E-state index in [2.05, 4.69) is 16.1 Å². The summed E-state index contributed by atoms with van der Waals surface area (Å²) in [5.74, 6) is -0.150. The summed E-state index contributed by atoms with van der Waals surface area (Å²) in [6.07, 6.45) is 6.73. The Bertz CT molecular complexity index is 993. The molecule has 3 rings (SSSR count). The number of aryl methyl sites for hydroxylation is 2. The van der Waals surface area contributed by atoms with Gasteiger partial charge in [-0.3, -0.25) is 9.52 Å². The van der Waals surface area contributed by atoms with E-state index in [0.29, 0.717) is 23.4 Å². The van der Waals surface area contributed by atoms with Crippen LogP contribution in [0.4, 0.5) is 5.69 Å². The van der Waals surface area contributed by atoms with Gasteiger partial charge in [0.25, 0.3) is 15.9 Å². The van der Waals surface area contributed by atoms with Gasteiger partial charge in [-0.1, -0.05) is 29.3 Å². The molecule has 0 atom stereocenters. The topological polar surface area (TPSA) is 75.3 Å². The molecule has 148 valence electrons. The van der Waals surface area contributed by atoms with Gasteiger partial charge in [-0.05, 0) is 75.4 Å². The van der Waals surface area contributed by atoms with Crippen molar-refractivity contribution in [2.45, 2.75) is 44.4 Å². The van der Waals surface area contributed by atoms with E-state index >= 15 is 0 Å². The van der Waals surface area contributed by atoms with E-state index < -0.39 is 10.0 Å². The molecule has 2 aromatic rings. The number of nitrogens with one attached hydrogen (secondary N) is 2. The highest BCUT2D eigenvalue weighted by Gasteiger charge is 2.16. The molecule has 0 unspecified atom stereocenters. The van der Waals surface area contributed by atoms with Crippen molar-refractivity contribution < 1.29 is 13.2 Å². The second-order valence-corrected chi connectivity index (χ2v) is 8.92. The number of sulfonamides is 1. The summed E-state index contributed by atoms with van der Waals surface area (Å²) in [4.78, 5) is 12.6. The predicted octanol–water partition coefficient (Wildman–Crippen LogP) is 4.33. The average Bonchev–Trinajstić information content (AvgIpc) is 2.68. The summed E-state index contributed by atoms with van der Waals surface area (Å²) in [6, 6.07) is 11.7. The SMILES string of the molecule is Cc1ccc(S(=O)(=O)Nc2ccc(C(=O)NCC3=CCCCC3)cc2C)cc1. The van der Waals surface area contributed by atoms with Crippen LogP contribution in [0.15, 0.2) is 59.0 Å². The van der Waals surface area contributed by atoms with Crippen molar-refractivity contribution in [3.8, 4) is 0 Å². The molecule has 2 aromatic carbocycles. The number of amides is 1. The molecule has 0 heterocycles. The third-order valence-electron chi connectivity index (χ3n) is 4.93. The molecular formula is C22H26N2O3S. The molecule has 0 saturated heterocycles. The van der Waals surface area contributed by atoms with E-state index in [1.54, 1.807) is 49.4 Å². The summed E-state index contributed by atoms with van der Waals surface area (Å²) >= 11 is 0. The van der Waals surface area contributed by atoms with Crippen LogP contribution in [0.2, 0.25) is 0 Å². The zero-order valence-corrected chi connectivity index (χ0v) is 17.1. The number of hydrogen-bond donors (Lipinski definition) is 2. The second kappa shape index (κ2) is 8.61. The van der Waals surface area contributed by atoms with Crippen LogP contribution >= 0.6 is 0 Å². The highest BCUT2D eigenvalue weighted by Crippen LogP contribution is 2.22. The summed E-state index contributed by atoms with van der Waals surface area (Å²) in [7, 11) is -3.67. The molecule has 0 saturated carbocycles. The normalized spacial score (nSPS) is 14.3. The molecule has 0 fully saturated rings. The average molecular weight is 399 g/mol. The van der Waals surface area contributed by atoms with Crippen LogP contribution in [-0.4, -0.2) is 20.9 Å². The first-order valence-electron chi connectivity index (χ1n) is 9.51. The van der Waals surface area contributed by atoms with Gasteiger partial charge in [-0.25, -0.2) is 8.42 Å². The quantitative estimate of drug-likeness (QED) is 0.711. The van der Waals surface area contributed by atoms with Gasteiger partial charge in [-0.2, -0.15) is 0 Å². The standard InChI is InChI=1S/C22H26N2O3S/c1-16-8-11-20(12-9-16)28(26,27)24-21-13-10-19(14-17(21)2)22(25)23-15-18-6-4-3-5-7-18/h6,8-14,24H,3-5,7,15H2,1-2H3,(H,23,25). The van der Waals surface area contributed by atoms with Gasteiger partial charge in [-0.15, -0.1) is 0 Å². The highest BCUT2D eigenvalue weighted by molar-refractivity contribution is 7.92. The first-order chi connectivity index (χ1) is 13.3. The Labute approximate surface area is 166 Å². The van der Waals surface area contributed by atoms with Crippen LogP contribution < -0.4 is 10.0 Å². The molecule has 1 aliphatic carbocycles. The molecule has 1 amide bonds. The van der Waals surface area contributed by atoms with Crippen molar-refractivity contribution >= 4 is 21.6 Å². The van der Waals surface area contributed by atoms with Crippen molar-refractivity contribution in [1.29, 1.82) is 0 Å². The minimum Gasteiger partial charge on any atom is -0.348 e. The molecule has 0 aromatic heterocycles. The van der Waals surface area contributed by atoms with Crippen LogP contribution in [0.3, 0.4) is 0 Å². The Morgan fingerprint density at radius 2 is 1.79 bits per heavy atom. The van der Waals surface area contributed by atoms with E-state index in [9.17, 15) is 13.2 Å². The summed E-state index contributed by atoms with van der Waals surface area (Å²) < 4.78 is 27.7. The zero-order valence-electron chi connectivity index (χ0n) is 16.3. The van der Waals surface area contributed by atoms with Gasteiger partial charge in [0.05, 0.1) is 10.6 Å². The minimum atomic E-state index is -3.67. The van der Waals surface area contributed by atoms with Gasteiger partial charge in [0.1, 0.15) is 0 Å². The Morgan fingerprint density at radius 1 is 1.04 bits per heavy atom. The van der Waals surface area contributed by atoms with Crippen LogP contribution in [0.25, 0.3) is 0 Å². The third-order valence-corrected chi connectivity index (χ3v) is 6.31. The summed E-state index contributed by atoms with van der Waals surface area (Å²) in [5, 5.41) is 2.95. The van der Waals surface area contributed by atoms with Gasteiger partial charge in [0.2, 0.25) is 0 Å². The fourth-order valence-electron chi connectivity index (χ4n) is 3.20. The van der Waals surface area contributed by atoms with Crippen LogP contribution in [0.1, 0.15) is 47.2 Å². The summed E-state index contributed by atoms with van der Waals surface area (Å²) in [5.41, 5.74) is 3.95. The maximum atomic E-state index is 12.6. The number of hydrogen-bond acceptors (Lipinski definition) is 3. The van der Waals surface area contributed by atoms with Gasteiger partial charge in [0.15, 0.2) is 0 Å². The Morgan fingerprint density at radius 3 is 2.43 bits per heavy atom. The fourth-order valence-corrected chi connectivity index (χ4v) is 4.33. The largest absolute Gasteiger partial charge is 0.348 e. The molecular weight excluding hydrogens is 372 g/mol. The Kier molecular flexibility index (Phi) is 6.19. The molecule has 0 aliphatic heterocycles. The maximum absolute atomic E-state index is 12.6. The molecule has 5 nitrogen and oxygen atoms in total. The minimum absolute atomic E-state index is 0.150. The lowest BCUT2D eigenvalue weighted by atomic mass is 9.99. The van der Waals surface area contributed by atoms with Crippen molar-refractivity contribution in [3.05, 3.63) is 70.8 Å². The van der Waals surface area contributed by atoms with Gasteiger partial charge < -0.3 is 5.32 Å². The number of carbonyl (C=O) groups excluding carboxylic acids is 1. The molecule has 28 heavy (non-hydrogen) atoms. The molecule has 0 bridgehead atoms. The lowest BCUT2D eigenvalue weighted by Crippen LogP contribution is -2.26. The van der Waals surface area contributed by atoms with E-state index in [4.69, 9.17) is 0 Å². The van der Waals surface area contributed by atoms with Gasteiger partial charge in [0, 0.05) is 12.1 Å². The number of benzene rings is 2. The maximum Gasteiger partial charge on any atom is 0.261 e. The number of anilines is 1. The molecule has 6 heteroatoms. The van der Waals surface area contributed by atoms with Crippen molar-refractivity contribution in [2.24, 2.45) is 0 Å². The van der Waals surface area contributed by atoms with E-state index in [0.717, 1.165) is 18.4 Å². The molecule has 2 N–H and O–H groups in total. The lowest BCUT2D eigenvalue weighted by Gasteiger charge is -2.14. The van der Waals surface area contributed by atoms with Crippen LogP contribution in [0, 0.1) is 13.8 Å². The molecule has 1 aliphatic rings.